The third kappa shape index (κ3) is 3.03. The maximum atomic E-state index is 4.69. The predicted octanol–water partition coefficient (Wildman–Crippen LogP) is 2.80. The van der Waals surface area contributed by atoms with Gasteiger partial charge in [0, 0.05) is 18.2 Å². The quantitative estimate of drug-likeness (QED) is 0.795. The first-order valence-corrected chi connectivity index (χ1v) is 6.58. The summed E-state index contributed by atoms with van der Waals surface area (Å²) in [6.07, 6.45) is 2.38. The van der Waals surface area contributed by atoms with Gasteiger partial charge in [-0.25, -0.2) is 9.97 Å². The van der Waals surface area contributed by atoms with Crippen LogP contribution in [0.15, 0.2) is 6.07 Å². The van der Waals surface area contributed by atoms with Crippen LogP contribution in [0.3, 0.4) is 0 Å². The average Bonchev–Trinajstić information content (AvgIpc) is 2.87. The molecule has 3 heteroatoms. The molecule has 94 valence electrons. The lowest BCUT2D eigenvalue weighted by Gasteiger charge is -2.08. The highest BCUT2D eigenvalue weighted by atomic mass is 15.0. The van der Waals surface area contributed by atoms with Gasteiger partial charge in [-0.05, 0) is 37.8 Å². The van der Waals surface area contributed by atoms with E-state index in [1.165, 1.54) is 6.42 Å². The minimum atomic E-state index is 0.405. The van der Waals surface area contributed by atoms with E-state index in [1.807, 2.05) is 0 Å². The van der Waals surface area contributed by atoms with Crippen molar-refractivity contribution in [3.8, 4) is 0 Å². The van der Waals surface area contributed by atoms with Crippen LogP contribution < -0.4 is 5.32 Å². The second kappa shape index (κ2) is 4.73. The van der Waals surface area contributed by atoms with Gasteiger partial charge in [-0.3, -0.25) is 0 Å². The third-order valence-corrected chi connectivity index (χ3v) is 3.48. The number of hydrogen-bond donors (Lipinski definition) is 1. The van der Waals surface area contributed by atoms with E-state index in [2.05, 4.69) is 49.0 Å². The molecule has 1 fully saturated rings. The van der Waals surface area contributed by atoms with Crippen LogP contribution in [0.2, 0.25) is 0 Å². The highest BCUT2D eigenvalue weighted by Gasteiger charge is 2.48. The van der Waals surface area contributed by atoms with E-state index in [4.69, 9.17) is 0 Å². The van der Waals surface area contributed by atoms with Crippen LogP contribution in [0.1, 0.15) is 56.7 Å². The van der Waals surface area contributed by atoms with Crippen LogP contribution >= 0.6 is 0 Å². The Labute approximate surface area is 104 Å². The van der Waals surface area contributed by atoms with E-state index in [-0.39, 0.29) is 0 Å². The summed E-state index contributed by atoms with van der Waals surface area (Å²) in [6, 6.07) is 2.08. The van der Waals surface area contributed by atoms with Crippen LogP contribution in [0.4, 0.5) is 0 Å². The van der Waals surface area contributed by atoms with Crippen molar-refractivity contribution in [2.75, 3.05) is 6.54 Å². The van der Waals surface area contributed by atoms with Crippen LogP contribution in [-0.4, -0.2) is 16.5 Å². The predicted molar refractivity (Wildman–Crippen MR) is 69.9 cm³/mol. The fraction of sp³-hybridized carbons (Fsp3) is 0.714. The Kier molecular flexibility index (Phi) is 3.48. The summed E-state index contributed by atoms with van der Waals surface area (Å²) >= 11 is 0. The molecule has 1 saturated carbocycles. The lowest BCUT2D eigenvalue weighted by molar-refractivity contribution is 0.601. The van der Waals surface area contributed by atoms with E-state index >= 15 is 0 Å². The van der Waals surface area contributed by atoms with Gasteiger partial charge in [0.15, 0.2) is 0 Å². The molecular formula is C14H23N3. The maximum absolute atomic E-state index is 4.69. The Morgan fingerprint density at radius 2 is 2.12 bits per heavy atom. The molecule has 0 aliphatic heterocycles. The average molecular weight is 233 g/mol. The molecule has 1 aromatic rings. The first-order chi connectivity index (χ1) is 8.03. The normalized spacial score (nSPS) is 21.5. The monoisotopic (exact) mass is 233 g/mol. The molecule has 0 bridgehead atoms. The molecule has 1 heterocycles. The molecule has 17 heavy (non-hydrogen) atoms. The van der Waals surface area contributed by atoms with Crippen LogP contribution in [0.25, 0.3) is 0 Å². The molecule has 1 atom stereocenters. The van der Waals surface area contributed by atoms with E-state index in [0.717, 1.165) is 36.7 Å². The van der Waals surface area contributed by atoms with Crippen molar-refractivity contribution < 1.29 is 0 Å². The standard InChI is InChI=1S/C14H23N3/c1-5-6-15-9-11-7-10(2)16-13(17-11)12-8-14(12,3)4/h7,12,15H,5-6,8-9H2,1-4H3. The molecule has 1 N–H and O–H groups in total. The molecule has 1 aliphatic carbocycles. The fourth-order valence-corrected chi connectivity index (χ4v) is 2.21. The highest BCUT2D eigenvalue weighted by molar-refractivity contribution is 5.20. The van der Waals surface area contributed by atoms with Crippen molar-refractivity contribution in [2.24, 2.45) is 5.41 Å². The topological polar surface area (TPSA) is 37.8 Å². The van der Waals surface area contributed by atoms with Crippen molar-refractivity contribution in [3.63, 3.8) is 0 Å². The summed E-state index contributed by atoms with van der Waals surface area (Å²) < 4.78 is 0. The zero-order valence-corrected chi connectivity index (χ0v) is 11.4. The Morgan fingerprint density at radius 3 is 2.71 bits per heavy atom. The Morgan fingerprint density at radius 1 is 1.41 bits per heavy atom. The number of hydrogen-bond acceptors (Lipinski definition) is 3. The summed E-state index contributed by atoms with van der Waals surface area (Å²) in [6.45, 7) is 10.7. The molecule has 1 aromatic heterocycles. The molecule has 0 radical (unpaired) electrons. The summed E-state index contributed by atoms with van der Waals surface area (Å²) in [7, 11) is 0. The summed E-state index contributed by atoms with van der Waals surface area (Å²) in [5, 5.41) is 3.40. The number of rotatable bonds is 5. The third-order valence-electron chi connectivity index (χ3n) is 3.48. The van der Waals surface area contributed by atoms with Gasteiger partial charge in [-0.1, -0.05) is 20.8 Å². The van der Waals surface area contributed by atoms with Crippen molar-refractivity contribution >= 4 is 0 Å². The van der Waals surface area contributed by atoms with Crippen LogP contribution in [0, 0.1) is 12.3 Å². The Hall–Kier alpha value is -0.960. The zero-order chi connectivity index (χ0) is 12.5. The fourth-order valence-electron chi connectivity index (χ4n) is 2.21. The molecule has 3 nitrogen and oxygen atoms in total. The molecular weight excluding hydrogens is 210 g/mol. The van der Waals surface area contributed by atoms with Gasteiger partial charge >= 0.3 is 0 Å². The summed E-state index contributed by atoms with van der Waals surface area (Å²) in [4.78, 5) is 9.27. The van der Waals surface area contributed by atoms with Crippen LogP contribution in [-0.2, 0) is 6.54 Å². The molecule has 0 amide bonds. The number of nitrogens with zero attached hydrogens (tertiary/aromatic N) is 2. The van der Waals surface area contributed by atoms with Gasteiger partial charge < -0.3 is 5.32 Å². The first kappa shape index (κ1) is 12.5. The molecule has 0 saturated heterocycles. The smallest absolute Gasteiger partial charge is 0.132 e. The molecule has 1 aliphatic rings. The van der Waals surface area contributed by atoms with Crippen molar-refractivity contribution in [2.45, 2.75) is 53.0 Å². The van der Waals surface area contributed by atoms with Crippen LogP contribution in [0.5, 0.6) is 0 Å². The summed E-state index contributed by atoms with van der Waals surface area (Å²) in [5.74, 6) is 1.61. The lowest BCUT2D eigenvalue weighted by atomic mass is 10.1. The Bertz CT molecular complexity index is 398. The van der Waals surface area contributed by atoms with E-state index in [1.54, 1.807) is 0 Å². The second-order valence-electron chi connectivity index (χ2n) is 5.78. The Balaban J connectivity index is 2.08. The number of nitrogens with one attached hydrogen (secondary N) is 1. The molecule has 0 aromatic carbocycles. The van der Waals surface area contributed by atoms with Gasteiger partial charge in [0.1, 0.15) is 5.82 Å². The minimum absolute atomic E-state index is 0.405. The van der Waals surface area contributed by atoms with E-state index in [9.17, 15) is 0 Å². The summed E-state index contributed by atoms with van der Waals surface area (Å²) in [5.41, 5.74) is 2.62. The van der Waals surface area contributed by atoms with Gasteiger partial charge in [-0.2, -0.15) is 0 Å². The van der Waals surface area contributed by atoms with Crippen molar-refractivity contribution in [1.82, 2.24) is 15.3 Å². The maximum Gasteiger partial charge on any atom is 0.132 e. The number of aryl methyl sites for hydroxylation is 1. The molecule has 0 spiro atoms. The van der Waals surface area contributed by atoms with E-state index in [0.29, 0.717) is 11.3 Å². The van der Waals surface area contributed by atoms with Gasteiger partial charge in [-0.15, -0.1) is 0 Å². The number of aromatic nitrogens is 2. The van der Waals surface area contributed by atoms with E-state index < -0.39 is 0 Å². The lowest BCUT2D eigenvalue weighted by Crippen LogP contribution is -2.16. The van der Waals surface area contributed by atoms with Gasteiger partial charge in [0.05, 0.1) is 5.69 Å². The largest absolute Gasteiger partial charge is 0.311 e. The van der Waals surface area contributed by atoms with Crippen molar-refractivity contribution in [3.05, 3.63) is 23.3 Å². The van der Waals surface area contributed by atoms with Crippen molar-refractivity contribution in [1.29, 1.82) is 0 Å². The SMILES string of the molecule is CCCNCc1cc(C)nc(C2CC2(C)C)n1. The van der Waals surface area contributed by atoms with Gasteiger partial charge in [0.2, 0.25) is 0 Å². The van der Waals surface area contributed by atoms with Gasteiger partial charge in [0.25, 0.3) is 0 Å². The molecule has 1 unspecified atom stereocenters. The molecule has 2 rings (SSSR count). The highest BCUT2D eigenvalue weighted by Crippen LogP contribution is 2.57. The first-order valence-electron chi connectivity index (χ1n) is 6.58. The zero-order valence-electron chi connectivity index (χ0n) is 11.4. The minimum Gasteiger partial charge on any atom is -0.311 e. The second-order valence-corrected chi connectivity index (χ2v) is 5.78.